The maximum Gasteiger partial charge on any atom is 0.408 e. The second kappa shape index (κ2) is 8.82. The van der Waals surface area contributed by atoms with Crippen molar-refractivity contribution in [1.29, 1.82) is 0 Å². The Labute approximate surface area is 191 Å². The highest BCUT2D eigenvalue weighted by Gasteiger charge is 2.53. The number of anilines is 1. The van der Waals surface area contributed by atoms with E-state index in [9.17, 15) is 22.8 Å². The second-order valence-corrected chi connectivity index (χ2v) is 9.04. The number of nitrogens with one attached hydrogen (secondary N) is 1. The van der Waals surface area contributed by atoms with Gasteiger partial charge >= 0.3 is 6.18 Å². The van der Waals surface area contributed by atoms with Crippen LogP contribution < -0.4 is 10.2 Å². The topological polar surface area (TPSA) is 52.7 Å². The van der Waals surface area contributed by atoms with E-state index in [0.717, 1.165) is 37.7 Å². The van der Waals surface area contributed by atoms with Gasteiger partial charge in [-0.3, -0.25) is 14.5 Å². The number of halogens is 3. The van der Waals surface area contributed by atoms with E-state index in [4.69, 9.17) is 0 Å². The molecule has 2 aromatic rings. The smallest absolute Gasteiger partial charge is 0.343 e. The lowest BCUT2D eigenvalue weighted by Gasteiger charge is -2.39. The van der Waals surface area contributed by atoms with Gasteiger partial charge in [0.1, 0.15) is 12.6 Å². The molecule has 2 aliphatic heterocycles. The summed E-state index contributed by atoms with van der Waals surface area (Å²) in [5, 5.41) is 1.97. The summed E-state index contributed by atoms with van der Waals surface area (Å²) >= 11 is 0. The lowest BCUT2D eigenvalue weighted by molar-refractivity contribution is -0.157. The number of piperidine rings is 1. The molecule has 0 saturated carbocycles. The summed E-state index contributed by atoms with van der Waals surface area (Å²) in [6.45, 7) is 4.66. The Hall–Kier alpha value is -2.87. The molecule has 176 valence electrons. The first kappa shape index (κ1) is 23.3. The molecule has 2 aliphatic rings. The first-order valence-corrected chi connectivity index (χ1v) is 11.2. The van der Waals surface area contributed by atoms with Gasteiger partial charge in [-0.1, -0.05) is 42.5 Å². The molecule has 1 N–H and O–H groups in total. The molecule has 0 aromatic heterocycles. The van der Waals surface area contributed by atoms with Crippen molar-refractivity contribution in [3.63, 3.8) is 0 Å². The van der Waals surface area contributed by atoms with Gasteiger partial charge < -0.3 is 10.2 Å². The van der Waals surface area contributed by atoms with Gasteiger partial charge in [-0.25, -0.2) is 0 Å². The monoisotopic (exact) mass is 459 g/mol. The number of fused-ring (bicyclic) bond motifs is 2. The van der Waals surface area contributed by atoms with Crippen LogP contribution in [-0.2, 0) is 21.5 Å². The van der Waals surface area contributed by atoms with Crippen LogP contribution >= 0.6 is 0 Å². The first-order valence-electron chi connectivity index (χ1n) is 11.2. The van der Waals surface area contributed by atoms with Crippen LogP contribution in [0.2, 0.25) is 0 Å². The summed E-state index contributed by atoms with van der Waals surface area (Å²) in [6, 6.07) is 13.7. The molecule has 2 heterocycles. The number of nitrogens with zero attached hydrogens (tertiary/aromatic N) is 2. The number of carbonyl (C=O) groups is 2. The van der Waals surface area contributed by atoms with Crippen molar-refractivity contribution >= 4 is 17.5 Å². The van der Waals surface area contributed by atoms with Gasteiger partial charge in [0.05, 0.1) is 5.41 Å². The maximum absolute atomic E-state index is 13.7. The number of likely N-dealkylation sites (tertiary alicyclic amines) is 1. The summed E-state index contributed by atoms with van der Waals surface area (Å²) < 4.78 is 38.6. The van der Waals surface area contributed by atoms with E-state index >= 15 is 0 Å². The van der Waals surface area contributed by atoms with Gasteiger partial charge in [-0.15, -0.1) is 0 Å². The third kappa shape index (κ3) is 4.49. The minimum Gasteiger partial charge on any atom is -0.343 e. The molecule has 0 bridgehead atoms. The molecule has 5 nitrogen and oxygen atoms in total. The predicted molar refractivity (Wildman–Crippen MR) is 120 cm³/mol. The fourth-order valence-electron chi connectivity index (χ4n) is 5.04. The summed E-state index contributed by atoms with van der Waals surface area (Å²) in [6.07, 6.45) is -3.33. The number of rotatable bonds is 5. The van der Waals surface area contributed by atoms with Crippen LogP contribution in [0.25, 0.3) is 0 Å². The van der Waals surface area contributed by atoms with Crippen LogP contribution in [-0.4, -0.2) is 48.6 Å². The van der Waals surface area contributed by atoms with E-state index in [-0.39, 0.29) is 5.91 Å². The van der Waals surface area contributed by atoms with E-state index < -0.39 is 30.1 Å². The summed E-state index contributed by atoms with van der Waals surface area (Å²) in [5.41, 5.74) is 2.96. The summed E-state index contributed by atoms with van der Waals surface area (Å²) in [7, 11) is 0. The zero-order chi connectivity index (χ0) is 23.8. The number of aryl methyl sites for hydroxylation is 1. The standard InChI is InChI=1S/C25H28F3N3O2/c1-17-7-6-10-20-22(17)24(11-13-30(14-12-24)15-19-8-4-3-5-9-19)23(33)31(20)16-21(32)29-18(2)25(26,27)28/h3-10,18H,11-16H2,1-2H3,(H,29,32)/t18-/m0/s1. The summed E-state index contributed by atoms with van der Waals surface area (Å²) in [5.74, 6) is -1.01. The third-order valence-electron chi connectivity index (χ3n) is 6.80. The van der Waals surface area contributed by atoms with Crippen LogP contribution in [0.3, 0.4) is 0 Å². The van der Waals surface area contributed by atoms with Crippen LogP contribution in [0.4, 0.5) is 18.9 Å². The maximum atomic E-state index is 13.7. The normalized spacial score (nSPS) is 18.9. The van der Waals surface area contributed by atoms with Crippen molar-refractivity contribution in [2.45, 2.75) is 50.9 Å². The fraction of sp³-hybridized carbons (Fsp3) is 0.440. The minimum atomic E-state index is -4.54. The molecule has 2 aromatic carbocycles. The Morgan fingerprint density at radius 2 is 1.76 bits per heavy atom. The second-order valence-electron chi connectivity index (χ2n) is 9.04. The van der Waals surface area contributed by atoms with E-state index in [2.05, 4.69) is 17.0 Å². The molecule has 1 atom stereocenters. The van der Waals surface area contributed by atoms with Crippen LogP contribution in [0.15, 0.2) is 48.5 Å². The lowest BCUT2D eigenvalue weighted by Crippen LogP contribution is -2.51. The summed E-state index contributed by atoms with van der Waals surface area (Å²) in [4.78, 5) is 29.8. The molecule has 0 radical (unpaired) electrons. The molecule has 33 heavy (non-hydrogen) atoms. The Balaban J connectivity index is 1.53. The van der Waals surface area contributed by atoms with E-state index in [1.54, 1.807) is 6.07 Å². The number of hydrogen-bond acceptors (Lipinski definition) is 3. The van der Waals surface area contributed by atoms with Gasteiger partial charge in [0, 0.05) is 12.2 Å². The molecule has 1 fully saturated rings. The molecular weight excluding hydrogens is 431 g/mol. The van der Waals surface area contributed by atoms with Crippen molar-refractivity contribution in [1.82, 2.24) is 10.2 Å². The average Bonchev–Trinajstić information content (AvgIpc) is 2.99. The molecule has 8 heteroatoms. The Bertz CT molecular complexity index is 1030. The zero-order valence-electron chi connectivity index (χ0n) is 18.8. The van der Waals surface area contributed by atoms with Crippen LogP contribution in [0.5, 0.6) is 0 Å². The molecule has 1 spiro atoms. The third-order valence-corrected chi connectivity index (χ3v) is 6.80. The molecule has 0 aliphatic carbocycles. The Morgan fingerprint density at radius 3 is 2.39 bits per heavy atom. The lowest BCUT2D eigenvalue weighted by atomic mass is 9.72. The minimum absolute atomic E-state index is 0.194. The number of hydrogen-bond donors (Lipinski definition) is 1. The van der Waals surface area contributed by atoms with Crippen LogP contribution in [0, 0.1) is 6.92 Å². The first-order chi connectivity index (χ1) is 15.6. The van der Waals surface area contributed by atoms with Gasteiger partial charge in [0.15, 0.2) is 0 Å². The highest BCUT2D eigenvalue weighted by molar-refractivity contribution is 6.11. The SMILES string of the molecule is Cc1cccc2c1C1(CCN(Cc3ccccc3)CC1)C(=O)N2CC(=O)N[C@@H](C)C(F)(F)F. The number of amides is 2. The van der Waals surface area contributed by atoms with Crippen molar-refractivity contribution < 1.29 is 22.8 Å². The van der Waals surface area contributed by atoms with Crippen LogP contribution in [0.1, 0.15) is 36.5 Å². The molecular formula is C25H28F3N3O2. The van der Waals surface area contributed by atoms with Gasteiger partial charge in [0.2, 0.25) is 11.8 Å². The molecule has 2 amide bonds. The largest absolute Gasteiger partial charge is 0.408 e. The van der Waals surface area contributed by atoms with E-state index in [1.807, 2.05) is 42.6 Å². The van der Waals surface area contributed by atoms with E-state index in [1.165, 1.54) is 10.5 Å². The average molecular weight is 460 g/mol. The number of benzene rings is 2. The fourth-order valence-corrected chi connectivity index (χ4v) is 5.04. The van der Waals surface area contributed by atoms with Crippen molar-refractivity contribution in [2.75, 3.05) is 24.5 Å². The molecule has 1 saturated heterocycles. The molecule has 4 rings (SSSR count). The quantitative estimate of drug-likeness (QED) is 0.737. The predicted octanol–water partition coefficient (Wildman–Crippen LogP) is 3.94. The van der Waals surface area contributed by atoms with Crippen molar-refractivity contribution in [2.24, 2.45) is 0 Å². The van der Waals surface area contributed by atoms with Gasteiger partial charge in [-0.05, 0) is 62.5 Å². The highest BCUT2D eigenvalue weighted by atomic mass is 19.4. The van der Waals surface area contributed by atoms with Gasteiger partial charge in [-0.2, -0.15) is 13.2 Å². The van der Waals surface area contributed by atoms with Crippen molar-refractivity contribution in [3.8, 4) is 0 Å². The number of carbonyl (C=O) groups excluding carboxylic acids is 2. The Kier molecular flexibility index (Phi) is 6.22. The molecule has 0 unspecified atom stereocenters. The Morgan fingerprint density at radius 1 is 1.09 bits per heavy atom. The number of alkyl halides is 3. The van der Waals surface area contributed by atoms with E-state index in [0.29, 0.717) is 18.5 Å². The highest BCUT2D eigenvalue weighted by Crippen LogP contribution is 2.49. The van der Waals surface area contributed by atoms with Gasteiger partial charge in [0.25, 0.3) is 0 Å². The van der Waals surface area contributed by atoms with Crippen molar-refractivity contribution in [3.05, 3.63) is 65.2 Å². The zero-order valence-corrected chi connectivity index (χ0v) is 18.8.